The van der Waals surface area contributed by atoms with Gasteiger partial charge in [-0.25, -0.2) is 0 Å². The molecule has 0 radical (unpaired) electrons. The maximum atomic E-state index is 12.9. The number of benzene rings is 2. The maximum Gasteiger partial charge on any atom is 0.573 e. The lowest BCUT2D eigenvalue weighted by molar-refractivity contribution is -0.275. The molecule has 38 heavy (non-hydrogen) atoms. The standard InChI is InChI=1S/C27H25F3O8/c1-16-14-18(4-9-21(16)32)5-10-22(33)20(8-13-26(35)36-3)23(34)11-6-19-7-12-24(37-17(2)31)25(15-19)38-27(28,29)30/h4-7,9-12,14-15,20,32H,8,13H2,1-3H3/b10-5+,11-6+. The summed E-state index contributed by atoms with van der Waals surface area (Å²) in [6.45, 7) is 2.68. The van der Waals surface area contributed by atoms with Gasteiger partial charge in [0.1, 0.15) is 5.75 Å². The highest BCUT2D eigenvalue weighted by Gasteiger charge is 2.33. The first-order valence-corrected chi connectivity index (χ1v) is 11.2. The molecular formula is C27H25F3O8. The molecular weight excluding hydrogens is 509 g/mol. The lowest BCUT2D eigenvalue weighted by atomic mass is 9.92. The van der Waals surface area contributed by atoms with Crippen LogP contribution in [0.15, 0.2) is 48.6 Å². The molecule has 8 nitrogen and oxygen atoms in total. The number of methoxy groups -OCH3 is 1. The van der Waals surface area contributed by atoms with Crippen molar-refractivity contribution in [3.05, 3.63) is 65.2 Å². The molecule has 0 saturated heterocycles. The number of rotatable bonds is 11. The number of carbonyl (C=O) groups is 4. The van der Waals surface area contributed by atoms with E-state index < -0.39 is 47.3 Å². The number of phenolic OH excluding ortho intramolecular Hbond substituents is 1. The highest BCUT2D eigenvalue weighted by Crippen LogP contribution is 2.33. The van der Waals surface area contributed by atoms with Gasteiger partial charge in [-0.1, -0.05) is 24.3 Å². The molecule has 0 saturated carbocycles. The van der Waals surface area contributed by atoms with E-state index in [9.17, 15) is 37.5 Å². The fourth-order valence-electron chi connectivity index (χ4n) is 3.23. The Hall–Kier alpha value is -4.41. The molecule has 1 atom stereocenters. The largest absolute Gasteiger partial charge is 0.573 e. The lowest BCUT2D eigenvalue weighted by Gasteiger charge is -2.13. The third-order valence-corrected chi connectivity index (χ3v) is 5.10. The predicted octanol–water partition coefficient (Wildman–Crippen LogP) is 4.96. The molecule has 202 valence electrons. The van der Waals surface area contributed by atoms with Crippen LogP contribution in [-0.4, -0.2) is 42.1 Å². The van der Waals surface area contributed by atoms with Gasteiger partial charge in [0.15, 0.2) is 23.1 Å². The van der Waals surface area contributed by atoms with Gasteiger partial charge < -0.3 is 19.3 Å². The maximum absolute atomic E-state index is 12.9. The number of allylic oxidation sites excluding steroid dienone is 2. The molecule has 11 heteroatoms. The van der Waals surface area contributed by atoms with Crippen molar-refractivity contribution in [3.63, 3.8) is 0 Å². The Kier molecular flexibility index (Phi) is 10.4. The summed E-state index contributed by atoms with van der Waals surface area (Å²) in [6.07, 6.45) is -0.680. The van der Waals surface area contributed by atoms with E-state index in [0.29, 0.717) is 11.1 Å². The Morgan fingerprint density at radius 3 is 2.05 bits per heavy atom. The van der Waals surface area contributed by atoms with Crippen LogP contribution in [0.4, 0.5) is 13.2 Å². The van der Waals surface area contributed by atoms with Gasteiger partial charge in [0.05, 0.1) is 13.0 Å². The Balaban J connectivity index is 2.29. The van der Waals surface area contributed by atoms with Crippen LogP contribution in [-0.2, 0) is 23.9 Å². The van der Waals surface area contributed by atoms with E-state index in [1.54, 1.807) is 19.1 Å². The summed E-state index contributed by atoms with van der Waals surface area (Å²) in [5.74, 6) is -5.27. The number of aromatic hydroxyl groups is 1. The van der Waals surface area contributed by atoms with Gasteiger partial charge in [0.25, 0.3) is 0 Å². The monoisotopic (exact) mass is 534 g/mol. The van der Waals surface area contributed by atoms with E-state index in [0.717, 1.165) is 38.3 Å². The smallest absolute Gasteiger partial charge is 0.508 e. The number of esters is 2. The second kappa shape index (κ2) is 13.2. The summed E-state index contributed by atoms with van der Waals surface area (Å²) in [5, 5.41) is 9.63. The predicted molar refractivity (Wildman–Crippen MR) is 130 cm³/mol. The topological polar surface area (TPSA) is 116 Å². The summed E-state index contributed by atoms with van der Waals surface area (Å²) in [6, 6.07) is 7.90. The van der Waals surface area contributed by atoms with E-state index in [-0.39, 0.29) is 24.2 Å². The quantitative estimate of drug-likeness (QED) is 0.186. The van der Waals surface area contributed by atoms with Crippen LogP contribution < -0.4 is 9.47 Å². The number of ether oxygens (including phenoxy) is 3. The number of halogens is 3. The van der Waals surface area contributed by atoms with Gasteiger partial charge in [-0.15, -0.1) is 13.2 Å². The van der Waals surface area contributed by atoms with Crippen molar-refractivity contribution >= 4 is 35.7 Å². The molecule has 0 amide bonds. The Bertz CT molecular complexity index is 1260. The van der Waals surface area contributed by atoms with Crippen LogP contribution in [0.5, 0.6) is 17.2 Å². The van der Waals surface area contributed by atoms with Gasteiger partial charge in [-0.2, -0.15) is 0 Å². The van der Waals surface area contributed by atoms with Crippen LogP contribution in [0.25, 0.3) is 12.2 Å². The van der Waals surface area contributed by atoms with Gasteiger partial charge in [0, 0.05) is 13.3 Å². The molecule has 0 spiro atoms. The first-order chi connectivity index (χ1) is 17.8. The minimum atomic E-state index is -5.07. The molecule has 0 bridgehead atoms. The molecule has 1 unspecified atom stereocenters. The van der Waals surface area contributed by atoms with Crippen LogP contribution >= 0.6 is 0 Å². The van der Waals surface area contributed by atoms with Crippen molar-refractivity contribution in [2.24, 2.45) is 5.92 Å². The normalized spacial score (nSPS) is 12.4. The van der Waals surface area contributed by atoms with Crippen molar-refractivity contribution in [3.8, 4) is 17.2 Å². The van der Waals surface area contributed by atoms with Gasteiger partial charge in [0.2, 0.25) is 0 Å². The van der Waals surface area contributed by atoms with E-state index in [2.05, 4.69) is 9.47 Å². The number of phenols is 1. The van der Waals surface area contributed by atoms with Crippen LogP contribution in [0.3, 0.4) is 0 Å². The Morgan fingerprint density at radius 1 is 0.947 bits per heavy atom. The second-order valence-electron chi connectivity index (χ2n) is 8.03. The van der Waals surface area contributed by atoms with Crippen LogP contribution in [0, 0.1) is 12.8 Å². The minimum Gasteiger partial charge on any atom is -0.508 e. The molecule has 2 aromatic carbocycles. The van der Waals surface area contributed by atoms with Crippen molar-refractivity contribution in [1.82, 2.24) is 0 Å². The number of ketones is 2. The zero-order chi connectivity index (χ0) is 28.5. The Labute approximate surface area is 216 Å². The first kappa shape index (κ1) is 29.8. The van der Waals surface area contributed by atoms with Gasteiger partial charge in [-0.05, 0) is 66.5 Å². The lowest BCUT2D eigenvalue weighted by Crippen LogP contribution is -2.22. The third-order valence-electron chi connectivity index (χ3n) is 5.10. The van der Waals surface area contributed by atoms with Crippen LogP contribution in [0.2, 0.25) is 0 Å². The molecule has 1 N–H and O–H groups in total. The number of hydrogen-bond donors (Lipinski definition) is 1. The van der Waals surface area contributed by atoms with Crippen molar-refractivity contribution in [1.29, 1.82) is 0 Å². The average Bonchev–Trinajstić information content (AvgIpc) is 2.83. The van der Waals surface area contributed by atoms with Gasteiger partial charge >= 0.3 is 18.3 Å². The SMILES string of the molecule is COC(=O)CCC(C(=O)/C=C/c1ccc(O)c(C)c1)C(=O)/C=C/c1ccc(OC(C)=O)c(OC(F)(F)F)c1. The number of hydrogen-bond acceptors (Lipinski definition) is 8. The van der Waals surface area contributed by atoms with E-state index in [4.69, 9.17) is 4.74 Å². The van der Waals surface area contributed by atoms with E-state index in [1.807, 2.05) is 0 Å². The second-order valence-corrected chi connectivity index (χ2v) is 8.03. The molecule has 2 rings (SSSR count). The number of alkyl halides is 3. The summed E-state index contributed by atoms with van der Waals surface area (Å²) < 4.78 is 51.6. The molecule has 0 aliphatic carbocycles. The molecule has 0 aliphatic heterocycles. The Morgan fingerprint density at radius 2 is 1.53 bits per heavy atom. The molecule has 2 aromatic rings. The summed E-state index contributed by atoms with van der Waals surface area (Å²) in [5.41, 5.74) is 1.26. The van der Waals surface area contributed by atoms with E-state index in [1.165, 1.54) is 24.3 Å². The van der Waals surface area contributed by atoms with Crippen molar-refractivity contribution < 1.29 is 51.7 Å². The van der Waals surface area contributed by atoms with Crippen LogP contribution in [0.1, 0.15) is 36.5 Å². The van der Waals surface area contributed by atoms with Gasteiger partial charge in [-0.3, -0.25) is 19.2 Å². The number of aryl methyl sites for hydroxylation is 1. The van der Waals surface area contributed by atoms with E-state index >= 15 is 0 Å². The zero-order valence-electron chi connectivity index (χ0n) is 20.7. The summed E-state index contributed by atoms with van der Waals surface area (Å²) in [4.78, 5) is 48.5. The third kappa shape index (κ3) is 9.57. The number of carbonyl (C=O) groups excluding carboxylic acids is 4. The van der Waals surface area contributed by atoms with Crippen molar-refractivity contribution in [2.75, 3.05) is 7.11 Å². The fourth-order valence-corrected chi connectivity index (χ4v) is 3.23. The minimum absolute atomic E-state index is 0.0782. The highest BCUT2D eigenvalue weighted by atomic mass is 19.4. The summed E-state index contributed by atoms with van der Waals surface area (Å²) >= 11 is 0. The average molecular weight is 534 g/mol. The molecule has 0 heterocycles. The fraction of sp³-hybridized carbons (Fsp3) is 0.259. The molecule has 0 aromatic heterocycles. The zero-order valence-corrected chi connectivity index (χ0v) is 20.7. The molecule has 0 aliphatic rings. The first-order valence-electron chi connectivity index (χ1n) is 11.2. The highest BCUT2D eigenvalue weighted by molar-refractivity contribution is 6.13. The molecule has 0 fully saturated rings. The van der Waals surface area contributed by atoms with Crippen molar-refractivity contribution in [2.45, 2.75) is 33.1 Å². The summed E-state index contributed by atoms with van der Waals surface area (Å²) in [7, 11) is 1.16.